The van der Waals surface area contributed by atoms with Crippen molar-refractivity contribution in [3.8, 4) is 0 Å². The highest BCUT2D eigenvalue weighted by Gasteiger charge is 1.89. The Kier molecular flexibility index (Phi) is 9.05. The minimum atomic E-state index is 0.732. The van der Waals surface area contributed by atoms with Gasteiger partial charge >= 0.3 is 0 Å². The van der Waals surface area contributed by atoms with Crippen LogP contribution < -0.4 is 5.73 Å². The van der Waals surface area contributed by atoms with Gasteiger partial charge in [0, 0.05) is 19.6 Å². The number of nitrogens with zero attached hydrogens (tertiary/aromatic N) is 1. The van der Waals surface area contributed by atoms with E-state index in [9.17, 15) is 0 Å². The van der Waals surface area contributed by atoms with E-state index >= 15 is 0 Å². The lowest BCUT2D eigenvalue weighted by molar-refractivity contribution is 0.381. The van der Waals surface area contributed by atoms with Gasteiger partial charge in [-0.2, -0.15) is 0 Å². The molecule has 0 bridgehead atoms. The van der Waals surface area contributed by atoms with Crippen molar-refractivity contribution in [1.29, 1.82) is 0 Å². The molecule has 0 aliphatic heterocycles. The number of allylic oxidation sites excluding steroid dienone is 3. The molecule has 0 amide bonds. The van der Waals surface area contributed by atoms with E-state index in [2.05, 4.69) is 43.2 Å². The lowest BCUT2D eigenvalue weighted by atomic mass is 10.3. The van der Waals surface area contributed by atoms with Gasteiger partial charge in [0.1, 0.15) is 0 Å². The van der Waals surface area contributed by atoms with Gasteiger partial charge in [-0.25, -0.2) is 0 Å². The minimum Gasteiger partial charge on any atom is -0.329 e. The molecule has 0 radical (unpaired) electrons. The van der Waals surface area contributed by atoms with Crippen molar-refractivity contribution in [2.75, 3.05) is 26.7 Å². The van der Waals surface area contributed by atoms with Gasteiger partial charge in [0.25, 0.3) is 0 Å². The summed E-state index contributed by atoms with van der Waals surface area (Å²) in [6, 6.07) is 0. The van der Waals surface area contributed by atoms with Gasteiger partial charge in [-0.1, -0.05) is 37.6 Å². The normalized spacial score (nSPS) is 12.3. The van der Waals surface area contributed by atoms with Crippen molar-refractivity contribution in [1.82, 2.24) is 4.90 Å². The Morgan fingerprint density at radius 3 is 2.54 bits per heavy atom. The highest BCUT2D eigenvalue weighted by Crippen LogP contribution is 1.89. The van der Waals surface area contributed by atoms with Gasteiger partial charge < -0.3 is 10.6 Å². The third-order valence-corrected chi connectivity index (χ3v) is 1.77. The minimum absolute atomic E-state index is 0.732. The largest absolute Gasteiger partial charge is 0.329 e. The first kappa shape index (κ1) is 12.4. The van der Waals surface area contributed by atoms with Crippen LogP contribution in [0.1, 0.15) is 19.8 Å². The molecule has 0 spiro atoms. The maximum atomic E-state index is 5.42. The second kappa shape index (κ2) is 9.49. The predicted molar refractivity (Wildman–Crippen MR) is 59.7 cm³/mol. The van der Waals surface area contributed by atoms with E-state index in [4.69, 9.17) is 5.73 Å². The van der Waals surface area contributed by atoms with Crippen molar-refractivity contribution < 1.29 is 0 Å². The molecule has 76 valence electrons. The molecule has 0 saturated carbocycles. The number of hydrogen-bond donors (Lipinski definition) is 1. The fourth-order valence-electron chi connectivity index (χ4n) is 0.973. The molecule has 0 heterocycles. The van der Waals surface area contributed by atoms with Crippen molar-refractivity contribution >= 4 is 0 Å². The molecule has 0 saturated heterocycles. The Balaban J connectivity index is 3.39. The molecule has 0 aliphatic carbocycles. The molecule has 0 atom stereocenters. The lowest BCUT2D eigenvalue weighted by Gasteiger charge is -2.11. The van der Waals surface area contributed by atoms with E-state index < -0.39 is 0 Å². The number of nitrogens with two attached hydrogens (primary N) is 1. The summed E-state index contributed by atoms with van der Waals surface area (Å²) < 4.78 is 0. The molecule has 0 unspecified atom stereocenters. The smallest absolute Gasteiger partial charge is 0.0163 e. The van der Waals surface area contributed by atoms with Gasteiger partial charge in [0.2, 0.25) is 0 Å². The quantitative estimate of drug-likeness (QED) is 0.608. The third kappa shape index (κ3) is 9.31. The summed E-state index contributed by atoms with van der Waals surface area (Å²) in [4.78, 5) is 2.20. The number of hydrogen-bond acceptors (Lipinski definition) is 2. The molecule has 0 aliphatic rings. The van der Waals surface area contributed by atoms with Crippen LogP contribution in [0.3, 0.4) is 0 Å². The van der Waals surface area contributed by atoms with Crippen LogP contribution in [0, 0.1) is 0 Å². The molecule has 0 aromatic rings. The first-order valence-corrected chi connectivity index (χ1v) is 5.01. The van der Waals surface area contributed by atoms with Crippen LogP contribution in [0.25, 0.3) is 0 Å². The average Bonchev–Trinajstić information content (AvgIpc) is 2.11. The zero-order chi connectivity index (χ0) is 9.94. The summed E-state index contributed by atoms with van der Waals surface area (Å²) in [5.74, 6) is 0. The standard InChI is InChI=1S/C11H22N2/c1-3-4-5-6-7-8-10-13(2)11-9-12/h5-8H,3-4,9-12H2,1-2H3. The van der Waals surface area contributed by atoms with Crippen LogP contribution in [0.4, 0.5) is 0 Å². The summed E-state index contributed by atoms with van der Waals surface area (Å²) in [6.07, 6.45) is 10.9. The van der Waals surface area contributed by atoms with Crippen LogP contribution in [-0.4, -0.2) is 31.6 Å². The van der Waals surface area contributed by atoms with Crippen LogP contribution in [0.15, 0.2) is 24.3 Å². The molecule has 2 heteroatoms. The van der Waals surface area contributed by atoms with E-state index in [0.717, 1.165) is 19.6 Å². The van der Waals surface area contributed by atoms with E-state index in [1.54, 1.807) is 0 Å². The SMILES string of the molecule is CCCC=CC=CCN(C)CCN. The molecular weight excluding hydrogens is 160 g/mol. The maximum Gasteiger partial charge on any atom is 0.0163 e. The first-order valence-electron chi connectivity index (χ1n) is 5.01. The predicted octanol–water partition coefficient (Wildman–Crippen LogP) is 1.79. The summed E-state index contributed by atoms with van der Waals surface area (Å²) >= 11 is 0. The highest BCUT2D eigenvalue weighted by molar-refractivity contribution is 5.02. The van der Waals surface area contributed by atoms with E-state index in [1.165, 1.54) is 12.8 Å². The van der Waals surface area contributed by atoms with Gasteiger partial charge in [-0.15, -0.1) is 0 Å². The van der Waals surface area contributed by atoms with Crippen LogP contribution >= 0.6 is 0 Å². The summed E-state index contributed by atoms with van der Waals surface area (Å²) in [7, 11) is 2.08. The molecule has 0 rings (SSSR count). The number of rotatable bonds is 7. The molecule has 13 heavy (non-hydrogen) atoms. The molecule has 2 N–H and O–H groups in total. The Morgan fingerprint density at radius 2 is 1.92 bits per heavy atom. The Morgan fingerprint density at radius 1 is 1.23 bits per heavy atom. The molecule has 0 fully saturated rings. The molecular formula is C11H22N2. The molecule has 0 aromatic carbocycles. The van der Waals surface area contributed by atoms with E-state index in [1.807, 2.05) is 0 Å². The Bertz CT molecular complexity index is 150. The van der Waals surface area contributed by atoms with Crippen LogP contribution in [0.2, 0.25) is 0 Å². The molecule has 0 aromatic heterocycles. The van der Waals surface area contributed by atoms with E-state index in [0.29, 0.717) is 0 Å². The topological polar surface area (TPSA) is 29.3 Å². The van der Waals surface area contributed by atoms with Gasteiger partial charge in [-0.05, 0) is 13.5 Å². The maximum absolute atomic E-state index is 5.42. The van der Waals surface area contributed by atoms with Crippen LogP contribution in [0.5, 0.6) is 0 Å². The highest BCUT2D eigenvalue weighted by atomic mass is 15.1. The Hall–Kier alpha value is -0.600. The monoisotopic (exact) mass is 182 g/mol. The first-order chi connectivity index (χ1) is 6.31. The lowest BCUT2D eigenvalue weighted by Crippen LogP contribution is -2.25. The van der Waals surface area contributed by atoms with E-state index in [-0.39, 0.29) is 0 Å². The number of likely N-dealkylation sites (N-methyl/N-ethyl adjacent to an activating group) is 1. The second-order valence-electron chi connectivity index (χ2n) is 3.20. The number of unbranched alkanes of at least 4 members (excludes halogenated alkanes) is 1. The van der Waals surface area contributed by atoms with Gasteiger partial charge in [-0.3, -0.25) is 0 Å². The molecule has 2 nitrogen and oxygen atoms in total. The van der Waals surface area contributed by atoms with Crippen molar-refractivity contribution in [2.45, 2.75) is 19.8 Å². The van der Waals surface area contributed by atoms with Crippen molar-refractivity contribution in [3.63, 3.8) is 0 Å². The second-order valence-corrected chi connectivity index (χ2v) is 3.20. The third-order valence-electron chi connectivity index (χ3n) is 1.77. The Labute approximate surface area is 82.1 Å². The van der Waals surface area contributed by atoms with Crippen LogP contribution in [-0.2, 0) is 0 Å². The zero-order valence-electron chi connectivity index (χ0n) is 8.87. The zero-order valence-corrected chi connectivity index (χ0v) is 8.87. The van der Waals surface area contributed by atoms with Crippen molar-refractivity contribution in [2.24, 2.45) is 5.73 Å². The van der Waals surface area contributed by atoms with Gasteiger partial charge in [0.05, 0.1) is 0 Å². The van der Waals surface area contributed by atoms with Gasteiger partial charge in [0.15, 0.2) is 0 Å². The average molecular weight is 182 g/mol. The summed E-state index contributed by atoms with van der Waals surface area (Å²) in [5.41, 5.74) is 5.42. The fraction of sp³-hybridized carbons (Fsp3) is 0.636. The summed E-state index contributed by atoms with van der Waals surface area (Å²) in [5, 5.41) is 0. The van der Waals surface area contributed by atoms with Crippen molar-refractivity contribution in [3.05, 3.63) is 24.3 Å². The summed E-state index contributed by atoms with van der Waals surface area (Å²) in [6.45, 7) is 4.86. The fourth-order valence-corrected chi connectivity index (χ4v) is 0.973.